The second kappa shape index (κ2) is 30.0. The maximum Gasteiger partial charge on any atom is 0.219 e. The molecule has 29 heavy (non-hydrogen) atoms. The average Bonchev–Trinajstić information content (AvgIpc) is 2.74. The van der Waals surface area contributed by atoms with Crippen LogP contribution in [0.5, 0.6) is 0 Å². The van der Waals surface area contributed by atoms with Crippen molar-refractivity contribution in [2.45, 2.75) is 136 Å². The molecular formula is C24H52NO3P. The Balaban J connectivity index is 0. The Kier molecular flexibility index (Phi) is 32.1. The van der Waals surface area contributed by atoms with Crippen molar-refractivity contribution < 1.29 is 14.2 Å². The predicted molar refractivity (Wildman–Crippen MR) is 130 cm³/mol. The molecule has 0 aliphatic rings. The summed E-state index contributed by atoms with van der Waals surface area (Å²) < 4.78 is 4.90. The molecule has 1 amide bonds. The van der Waals surface area contributed by atoms with E-state index in [1.54, 1.807) is 0 Å². The van der Waals surface area contributed by atoms with E-state index in [1.165, 1.54) is 77.0 Å². The van der Waals surface area contributed by atoms with Crippen LogP contribution in [0.15, 0.2) is 0 Å². The van der Waals surface area contributed by atoms with Crippen LogP contribution in [0.25, 0.3) is 0 Å². The largest absolute Gasteiger partial charge is 0.356 e. The molecule has 0 aliphatic heterocycles. The minimum absolute atomic E-state index is 0.211. The Bertz CT molecular complexity index is 304. The first-order valence-electron chi connectivity index (χ1n) is 12.6. The Morgan fingerprint density at radius 2 is 1.17 bits per heavy atom. The molecule has 0 saturated heterocycles. The smallest absolute Gasteiger partial charge is 0.219 e. The monoisotopic (exact) mass is 433 g/mol. The number of carbonyl (C=O) groups excluding carboxylic acids is 1. The number of nitrogens with one attached hydrogen (secondary N) is 1. The molecule has 0 fully saturated rings. The number of hydrogen-bond donors (Lipinski definition) is 2. The van der Waals surface area contributed by atoms with Crippen LogP contribution in [0.4, 0.5) is 0 Å². The molecule has 0 aromatic carbocycles. The quantitative estimate of drug-likeness (QED) is 0.136. The second-order valence-corrected chi connectivity index (χ2v) is 8.17. The summed E-state index contributed by atoms with van der Waals surface area (Å²) in [5, 5.41) is 3.02. The van der Waals surface area contributed by atoms with E-state index in [4.69, 9.17) is 9.42 Å². The molecule has 0 bridgehead atoms. The fourth-order valence-corrected chi connectivity index (χ4v) is 3.55. The number of hydrogen-bond acceptors (Lipinski definition) is 3. The van der Waals surface area contributed by atoms with Crippen LogP contribution in [0.1, 0.15) is 136 Å². The van der Waals surface area contributed by atoms with Gasteiger partial charge in [-0.05, 0) is 19.3 Å². The summed E-state index contributed by atoms with van der Waals surface area (Å²) in [7, 11) is -0.392. The van der Waals surface area contributed by atoms with Gasteiger partial charge in [-0.15, -0.1) is 0 Å². The molecule has 0 aromatic heterocycles. The molecule has 0 heterocycles. The van der Waals surface area contributed by atoms with Gasteiger partial charge >= 0.3 is 0 Å². The molecule has 0 radical (unpaired) electrons. The fraction of sp³-hybridized carbons (Fsp3) is 0.958. The van der Waals surface area contributed by atoms with Crippen LogP contribution < -0.4 is 5.32 Å². The molecule has 4 nitrogen and oxygen atoms in total. The summed E-state index contributed by atoms with van der Waals surface area (Å²) in [6, 6.07) is 0. The third-order valence-electron chi connectivity index (χ3n) is 5.07. The Morgan fingerprint density at radius 1 is 0.724 bits per heavy atom. The van der Waals surface area contributed by atoms with Crippen LogP contribution >= 0.6 is 9.03 Å². The van der Waals surface area contributed by atoms with E-state index in [9.17, 15) is 4.79 Å². The van der Waals surface area contributed by atoms with Crippen LogP contribution in [-0.2, 0) is 9.32 Å². The lowest BCUT2D eigenvalue weighted by atomic mass is 10.0. The Morgan fingerprint density at radius 3 is 1.69 bits per heavy atom. The zero-order valence-corrected chi connectivity index (χ0v) is 20.9. The van der Waals surface area contributed by atoms with E-state index in [0.29, 0.717) is 13.0 Å². The lowest BCUT2D eigenvalue weighted by molar-refractivity contribution is -0.121. The SMILES string of the molecule is CC.CCCCCCCCCCCCCCCC(=O)NCCCCCCOPO. The van der Waals surface area contributed by atoms with E-state index in [0.717, 1.165) is 38.6 Å². The molecule has 1 atom stereocenters. The van der Waals surface area contributed by atoms with E-state index >= 15 is 0 Å². The van der Waals surface area contributed by atoms with Gasteiger partial charge in [-0.1, -0.05) is 111 Å². The maximum atomic E-state index is 11.8. The lowest BCUT2D eigenvalue weighted by Crippen LogP contribution is -2.23. The lowest BCUT2D eigenvalue weighted by Gasteiger charge is -2.06. The highest BCUT2D eigenvalue weighted by atomic mass is 31.1. The van der Waals surface area contributed by atoms with Gasteiger partial charge in [0, 0.05) is 13.0 Å². The minimum atomic E-state index is -0.392. The van der Waals surface area contributed by atoms with Crippen LogP contribution in [-0.4, -0.2) is 24.0 Å². The Labute approximate surface area is 184 Å². The van der Waals surface area contributed by atoms with Crippen molar-refractivity contribution in [1.29, 1.82) is 0 Å². The van der Waals surface area contributed by atoms with Gasteiger partial charge < -0.3 is 14.7 Å². The molecule has 1 unspecified atom stereocenters. The van der Waals surface area contributed by atoms with Crippen molar-refractivity contribution in [3.05, 3.63) is 0 Å². The molecule has 176 valence electrons. The number of amides is 1. The van der Waals surface area contributed by atoms with Crippen molar-refractivity contribution in [2.75, 3.05) is 13.2 Å². The number of rotatable bonds is 22. The Hall–Kier alpha value is -0.180. The fourth-order valence-electron chi connectivity index (χ4n) is 3.32. The van der Waals surface area contributed by atoms with E-state index < -0.39 is 9.03 Å². The van der Waals surface area contributed by atoms with Gasteiger partial charge in [0.25, 0.3) is 0 Å². The standard InChI is InChI=1S/C22H46NO3P.C2H6/c1-2-3-4-5-6-7-8-9-10-11-12-13-16-19-22(24)23-20-17-14-15-18-21-26-27-25;1-2/h25,27H,2-21H2,1H3,(H,23,24);1-2H3. The third kappa shape index (κ3) is 30.1. The van der Waals surface area contributed by atoms with Crippen molar-refractivity contribution >= 4 is 14.9 Å². The van der Waals surface area contributed by atoms with Gasteiger partial charge in [-0.25, -0.2) is 0 Å². The van der Waals surface area contributed by atoms with Gasteiger partial charge in [0.2, 0.25) is 5.91 Å². The second-order valence-electron chi connectivity index (χ2n) is 7.70. The van der Waals surface area contributed by atoms with Gasteiger partial charge in [0.1, 0.15) is 0 Å². The van der Waals surface area contributed by atoms with E-state index in [1.807, 2.05) is 13.8 Å². The summed E-state index contributed by atoms with van der Waals surface area (Å²) in [6.45, 7) is 7.70. The summed E-state index contributed by atoms with van der Waals surface area (Å²) in [5.74, 6) is 0.211. The highest BCUT2D eigenvalue weighted by Gasteiger charge is 2.00. The summed E-state index contributed by atoms with van der Waals surface area (Å²) in [5.41, 5.74) is 0. The highest BCUT2D eigenvalue weighted by Crippen LogP contribution is 2.13. The minimum Gasteiger partial charge on any atom is -0.356 e. The molecule has 0 rings (SSSR count). The molecule has 0 aromatic rings. The van der Waals surface area contributed by atoms with Gasteiger partial charge in [0.05, 0.1) is 6.61 Å². The van der Waals surface area contributed by atoms with Crippen molar-refractivity contribution in [3.63, 3.8) is 0 Å². The third-order valence-corrected chi connectivity index (χ3v) is 5.40. The first kappa shape index (κ1) is 31.0. The molecular weight excluding hydrogens is 381 g/mol. The number of carbonyl (C=O) groups is 1. The van der Waals surface area contributed by atoms with E-state index in [2.05, 4.69) is 12.2 Å². The molecule has 2 N–H and O–H groups in total. The van der Waals surface area contributed by atoms with Crippen LogP contribution in [0.3, 0.4) is 0 Å². The zero-order valence-electron chi connectivity index (χ0n) is 19.9. The van der Waals surface area contributed by atoms with Crippen LogP contribution in [0, 0.1) is 0 Å². The molecule has 0 saturated carbocycles. The van der Waals surface area contributed by atoms with E-state index in [-0.39, 0.29) is 5.91 Å². The first-order valence-corrected chi connectivity index (χ1v) is 13.4. The summed E-state index contributed by atoms with van der Waals surface area (Å²) >= 11 is 0. The highest BCUT2D eigenvalue weighted by molar-refractivity contribution is 7.24. The topological polar surface area (TPSA) is 58.6 Å². The molecule has 5 heteroatoms. The zero-order chi connectivity index (χ0) is 21.8. The van der Waals surface area contributed by atoms with Gasteiger partial charge in [-0.3, -0.25) is 4.79 Å². The van der Waals surface area contributed by atoms with Crippen molar-refractivity contribution in [1.82, 2.24) is 5.32 Å². The number of unbranched alkanes of at least 4 members (excludes halogenated alkanes) is 15. The molecule has 0 spiro atoms. The summed E-state index contributed by atoms with van der Waals surface area (Å²) in [6.07, 6.45) is 22.3. The first-order chi connectivity index (χ1) is 14.3. The normalized spacial score (nSPS) is 10.9. The average molecular weight is 434 g/mol. The van der Waals surface area contributed by atoms with Crippen LogP contribution in [0.2, 0.25) is 0 Å². The molecule has 0 aliphatic carbocycles. The van der Waals surface area contributed by atoms with Gasteiger partial charge in [-0.2, -0.15) is 0 Å². The van der Waals surface area contributed by atoms with Crippen molar-refractivity contribution in [3.8, 4) is 0 Å². The maximum absolute atomic E-state index is 11.8. The van der Waals surface area contributed by atoms with Crippen molar-refractivity contribution in [2.24, 2.45) is 0 Å². The van der Waals surface area contributed by atoms with Gasteiger partial charge in [0.15, 0.2) is 9.03 Å². The predicted octanol–water partition coefficient (Wildman–Crippen LogP) is 7.69. The summed E-state index contributed by atoms with van der Waals surface area (Å²) in [4.78, 5) is 20.3.